The number of hydrogen-bond acceptors (Lipinski definition) is 4. The SMILES string of the molecule is CN(Cc1cnc(Cl)cn1)Cc1ccco1. The largest absolute Gasteiger partial charge is 0.468 e. The third-order valence-electron chi connectivity index (χ3n) is 2.11. The number of nitrogens with zero attached hydrogens (tertiary/aromatic N) is 3. The van der Waals surface area contributed by atoms with Crippen molar-refractivity contribution in [1.29, 1.82) is 0 Å². The van der Waals surface area contributed by atoms with Crippen LogP contribution < -0.4 is 0 Å². The summed E-state index contributed by atoms with van der Waals surface area (Å²) in [6.45, 7) is 1.46. The van der Waals surface area contributed by atoms with Crippen molar-refractivity contribution in [3.63, 3.8) is 0 Å². The minimum absolute atomic E-state index is 0.414. The van der Waals surface area contributed by atoms with Gasteiger partial charge in [-0.3, -0.25) is 9.88 Å². The average molecular weight is 238 g/mol. The summed E-state index contributed by atoms with van der Waals surface area (Å²) in [4.78, 5) is 10.3. The quantitative estimate of drug-likeness (QED) is 0.819. The molecule has 0 N–H and O–H groups in total. The van der Waals surface area contributed by atoms with Gasteiger partial charge in [-0.2, -0.15) is 0 Å². The molecule has 0 spiro atoms. The molecule has 0 amide bonds. The predicted octanol–water partition coefficient (Wildman–Crippen LogP) is 2.36. The summed E-state index contributed by atoms with van der Waals surface area (Å²) in [6.07, 6.45) is 4.91. The Morgan fingerprint density at radius 1 is 1.31 bits per heavy atom. The lowest BCUT2D eigenvalue weighted by Crippen LogP contribution is -2.17. The van der Waals surface area contributed by atoms with Crippen molar-refractivity contribution in [2.45, 2.75) is 13.1 Å². The van der Waals surface area contributed by atoms with Crippen LogP contribution in [0.1, 0.15) is 11.5 Å². The van der Waals surface area contributed by atoms with E-state index in [0.29, 0.717) is 11.7 Å². The van der Waals surface area contributed by atoms with Crippen molar-refractivity contribution in [3.05, 3.63) is 47.4 Å². The van der Waals surface area contributed by atoms with E-state index in [1.165, 1.54) is 0 Å². The van der Waals surface area contributed by atoms with Crippen LogP contribution in [-0.4, -0.2) is 21.9 Å². The Morgan fingerprint density at radius 3 is 2.81 bits per heavy atom. The second kappa shape index (κ2) is 5.09. The molecule has 2 aromatic heterocycles. The monoisotopic (exact) mass is 237 g/mol. The number of halogens is 1. The first-order chi connectivity index (χ1) is 7.74. The minimum atomic E-state index is 0.414. The normalized spacial score (nSPS) is 10.9. The average Bonchev–Trinajstić information content (AvgIpc) is 2.74. The van der Waals surface area contributed by atoms with Gasteiger partial charge in [0.05, 0.1) is 30.9 Å². The maximum atomic E-state index is 5.66. The molecule has 0 aliphatic heterocycles. The van der Waals surface area contributed by atoms with Crippen molar-refractivity contribution in [2.24, 2.45) is 0 Å². The van der Waals surface area contributed by atoms with E-state index in [0.717, 1.165) is 18.0 Å². The Morgan fingerprint density at radius 2 is 2.19 bits per heavy atom. The smallest absolute Gasteiger partial charge is 0.147 e. The van der Waals surface area contributed by atoms with E-state index < -0.39 is 0 Å². The first-order valence-corrected chi connectivity index (χ1v) is 5.29. The van der Waals surface area contributed by atoms with Gasteiger partial charge >= 0.3 is 0 Å². The predicted molar refractivity (Wildman–Crippen MR) is 60.9 cm³/mol. The number of aromatic nitrogens is 2. The van der Waals surface area contributed by atoms with E-state index in [2.05, 4.69) is 14.9 Å². The van der Waals surface area contributed by atoms with Crippen molar-refractivity contribution in [3.8, 4) is 0 Å². The van der Waals surface area contributed by atoms with Crippen LogP contribution in [0.2, 0.25) is 5.15 Å². The van der Waals surface area contributed by atoms with Crippen LogP contribution >= 0.6 is 11.6 Å². The lowest BCUT2D eigenvalue weighted by Gasteiger charge is -2.13. The molecule has 0 saturated heterocycles. The van der Waals surface area contributed by atoms with Gasteiger partial charge in [-0.15, -0.1) is 0 Å². The molecule has 0 fully saturated rings. The lowest BCUT2D eigenvalue weighted by atomic mass is 10.3. The molecule has 4 nitrogen and oxygen atoms in total. The molecule has 16 heavy (non-hydrogen) atoms. The molecule has 5 heteroatoms. The van der Waals surface area contributed by atoms with Crippen molar-refractivity contribution >= 4 is 11.6 Å². The lowest BCUT2D eigenvalue weighted by molar-refractivity contribution is 0.284. The Hall–Kier alpha value is -1.39. The zero-order chi connectivity index (χ0) is 11.4. The second-order valence-electron chi connectivity index (χ2n) is 3.58. The highest BCUT2D eigenvalue weighted by Crippen LogP contribution is 2.07. The fourth-order valence-corrected chi connectivity index (χ4v) is 1.52. The van der Waals surface area contributed by atoms with Crippen molar-refractivity contribution in [2.75, 3.05) is 7.05 Å². The van der Waals surface area contributed by atoms with Gasteiger partial charge in [-0.1, -0.05) is 11.6 Å². The molecule has 0 aliphatic carbocycles. The van der Waals surface area contributed by atoms with E-state index in [1.807, 2.05) is 19.2 Å². The molecule has 0 atom stereocenters. The van der Waals surface area contributed by atoms with Gasteiger partial charge in [-0.25, -0.2) is 4.98 Å². The Kier molecular flexibility index (Phi) is 3.54. The van der Waals surface area contributed by atoms with Crippen LogP contribution in [0.15, 0.2) is 35.2 Å². The third-order valence-corrected chi connectivity index (χ3v) is 2.31. The zero-order valence-electron chi connectivity index (χ0n) is 8.93. The van der Waals surface area contributed by atoms with Crippen LogP contribution in [0.25, 0.3) is 0 Å². The molecular weight excluding hydrogens is 226 g/mol. The second-order valence-corrected chi connectivity index (χ2v) is 3.97. The van der Waals surface area contributed by atoms with Gasteiger partial charge in [0.1, 0.15) is 10.9 Å². The van der Waals surface area contributed by atoms with Gasteiger partial charge in [-0.05, 0) is 19.2 Å². The van der Waals surface area contributed by atoms with Gasteiger partial charge in [0.15, 0.2) is 0 Å². The van der Waals surface area contributed by atoms with Crippen molar-refractivity contribution < 1.29 is 4.42 Å². The van der Waals surface area contributed by atoms with Crippen LogP contribution in [0.5, 0.6) is 0 Å². The van der Waals surface area contributed by atoms with Gasteiger partial charge < -0.3 is 4.42 Å². The summed E-state index contributed by atoms with van der Waals surface area (Å²) in [5.41, 5.74) is 0.887. The highest BCUT2D eigenvalue weighted by atomic mass is 35.5. The topological polar surface area (TPSA) is 42.2 Å². The van der Waals surface area contributed by atoms with E-state index in [9.17, 15) is 0 Å². The summed E-state index contributed by atoms with van der Waals surface area (Å²) in [5, 5.41) is 0.414. The van der Waals surface area contributed by atoms with E-state index in [1.54, 1.807) is 18.7 Å². The molecule has 0 unspecified atom stereocenters. The molecule has 0 radical (unpaired) electrons. The highest BCUT2D eigenvalue weighted by Gasteiger charge is 2.04. The summed E-state index contributed by atoms with van der Waals surface area (Å²) in [5.74, 6) is 0.935. The Balaban J connectivity index is 1.92. The number of furan rings is 1. The fraction of sp³-hybridized carbons (Fsp3) is 0.273. The fourth-order valence-electron chi connectivity index (χ4n) is 1.42. The Bertz CT molecular complexity index is 427. The highest BCUT2D eigenvalue weighted by molar-refractivity contribution is 6.29. The molecule has 0 aromatic carbocycles. The molecule has 2 rings (SSSR count). The van der Waals surface area contributed by atoms with Crippen LogP contribution in [0.3, 0.4) is 0 Å². The van der Waals surface area contributed by atoms with E-state index in [-0.39, 0.29) is 0 Å². The summed E-state index contributed by atoms with van der Waals surface area (Å²) < 4.78 is 5.26. The number of hydrogen-bond donors (Lipinski definition) is 0. The first kappa shape index (κ1) is 11.1. The molecule has 0 bridgehead atoms. The zero-order valence-corrected chi connectivity index (χ0v) is 9.68. The maximum Gasteiger partial charge on any atom is 0.147 e. The number of rotatable bonds is 4. The Labute approximate surface area is 98.9 Å². The van der Waals surface area contributed by atoms with Gasteiger partial charge in [0.2, 0.25) is 0 Å². The van der Waals surface area contributed by atoms with Crippen LogP contribution in [-0.2, 0) is 13.1 Å². The molecule has 0 aliphatic rings. The van der Waals surface area contributed by atoms with Gasteiger partial charge in [0, 0.05) is 6.54 Å². The molecule has 2 aromatic rings. The van der Waals surface area contributed by atoms with Crippen molar-refractivity contribution in [1.82, 2.24) is 14.9 Å². The third kappa shape index (κ3) is 3.05. The van der Waals surface area contributed by atoms with E-state index >= 15 is 0 Å². The van der Waals surface area contributed by atoms with E-state index in [4.69, 9.17) is 16.0 Å². The van der Waals surface area contributed by atoms with Crippen LogP contribution in [0, 0.1) is 0 Å². The standard InChI is InChI=1S/C11H12ClN3O/c1-15(8-10-3-2-4-16-10)7-9-5-14-11(12)6-13-9/h2-6H,7-8H2,1H3. The summed E-state index contributed by atoms with van der Waals surface area (Å²) in [7, 11) is 2.00. The first-order valence-electron chi connectivity index (χ1n) is 4.91. The molecule has 2 heterocycles. The molecular formula is C11H12ClN3O. The summed E-state index contributed by atoms with van der Waals surface area (Å²) in [6, 6.07) is 3.83. The molecule has 84 valence electrons. The van der Waals surface area contributed by atoms with Crippen LogP contribution in [0.4, 0.5) is 0 Å². The minimum Gasteiger partial charge on any atom is -0.468 e. The summed E-state index contributed by atoms with van der Waals surface area (Å²) >= 11 is 5.66. The maximum absolute atomic E-state index is 5.66. The van der Waals surface area contributed by atoms with Gasteiger partial charge in [0.25, 0.3) is 0 Å². The molecule has 0 saturated carbocycles.